The minimum Gasteiger partial charge on any atom is -0.333 e. The largest absolute Gasteiger partial charge is 0.333 e. The molecule has 2 aliphatic rings. The molecule has 96 valence electrons. The van der Waals surface area contributed by atoms with E-state index in [9.17, 15) is 4.79 Å². The third-order valence-corrected chi connectivity index (χ3v) is 4.28. The molecule has 0 aromatic carbocycles. The van der Waals surface area contributed by atoms with Gasteiger partial charge in [-0.3, -0.25) is 9.78 Å². The van der Waals surface area contributed by atoms with Gasteiger partial charge in [0.25, 0.3) is 0 Å². The molecule has 3 rings (SSSR count). The van der Waals surface area contributed by atoms with Gasteiger partial charge in [0.2, 0.25) is 5.91 Å². The molecule has 1 N–H and O–H groups in total. The predicted molar refractivity (Wildman–Crippen MR) is 68.9 cm³/mol. The van der Waals surface area contributed by atoms with Gasteiger partial charge in [0, 0.05) is 30.9 Å². The topological polar surface area (TPSA) is 45.2 Å². The van der Waals surface area contributed by atoms with Crippen molar-refractivity contribution in [2.24, 2.45) is 0 Å². The maximum absolute atomic E-state index is 12.1. The van der Waals surface area contributed by atoms with Crippen molar-refractivity contribution in [1.29, 1.82) is 0 Å². The molecule has 0 unspecified atom stereocenters. The molecule has 4 heteroatoms. The molecule has 1 aromatic rings. The van der Waals surface area contributed by atoms with Gasteiger partial charge < -0.3 is 10.2 Å². The SMILES string of the molecule is O=C1CCC2(CCNCC2)N1Cc1cccnc1. The Hall–Kier alpha value is -1.42. The summed E-state index contributed by atoms with van der Waals surface area (Å²) in [6.07, 6.45) is 7.53. The first-order valence-corrected chi connectivity index (χ1v) is 6.70. The fraction of sp³-hybridized carbons (Fsp3) is 0.571. The van der Waals surface area contributed by atoms with Crippen LogP contribution >= 0.6 is 0 Å². The number of pyridine rings is 1. The molecule has 1 aromatic heterocycles. The molecular formula is C14H19N3O. The molecule has 2 fully saturated rings. The van der Waals surface area contributed by atoms with E-state index < -0.39 is 0 Å². The maximum atomic E-state index is 12.1. The highest BCUT2D eigenvalue weighted by atomic mass is 16.2. The maximum Gasteiger partial charge on any atom is 0.223 e. The lowest BCUT2D eigenvalue weighted by molar-refractivity contribution is -0.132. The molecule has 0 radical (unpaired) electrons. The molecule has 1 amide bonds. The first kappa shape index (κ1) is 11.7. The van der Waals surface area contributed by atoms with Crippen LogP contribution in [0.2, 0.25) is 0 Å². The molecule has 0 saturated carbocycles. The lowest BCUT2D eigenvalue weighted by Gasteiger charge is -2.42. The number of likely N-dealkylation sites (tertiary alicyclic amines) is 1. The first-order chi connectivity index (χ1) is 8.80. The van der Waals surface area contributed by atoms with Crippen LogP contribution in [-0.2, 0) is 11.3 Å². The van der Waals surface area contributed by atoms with Crippen LogP contribution in [0.25, 0.3) is 0 Å². The highest BCUT2D eigenvalue weighted by molar-refractivity contribution is 5.79. The van der Waals surface area contributed by atoms with E-state index in [1.807, 2.05) is 18.3 Å². The van der Waals surface area contributed by atoms with Gasteiger partial charge in [-0.25, -0.2) is 0 Å². The molecule has 4 nitrogen and oxygen atoms in total. The normalized spacial score (nSPS) is 22.7. The fourth-order valence-corrected chi connectivity index (χ4v) is 3.22. The molecule has 2 saturated heterocycles. The predicted octanol–water partition coefficient (Wildman–Crippen LogP) is 1.33. The van der Waals surface area contributed by atoms with Gasteiger partial charge in [-0.15, -0.1) is 0 Å². The van der Waals surface area contributed by atoms with Gasteiger partial charge in [0.15, 0.2) is 0 Å². The standard InChI is InChI=1S/C14H19N3O/c18-13-3-4-14(5-8-15-9-6-14)17(13)11-12-2-1-7-16-10-12/h1-2,7,10,15H,3-6,8-9,11H2. The van der Waals surface area contributed by atoms with Crippen molar-refractivity contribution < 1.29 is 4.79 Å². The summed E-state index contributed by atoms with van der Waals surface area (Å²) in [6, 6.07) is 3.98. The van der Waals surface area contributed by atoms with Crippen molar-refractivity contribution in [2.45, 2.75) is 37.8 Å². The van der Waals surface area contributed by atoms with Gasteiger partial charge in [0.1, 0.15) is 0 Å². The smallest absolute Gasteiger partial charge is 0.223 e. The number of carbonyl (C=O) groups is 1. The van der Waals surface area contributed by atoms with Crippen LogP contribution in [0.1, 0.15) is 31.2 Å². The van der Waals surface area contributed by atoms with E-state index in [1.54, 1.807) is 6.20 Å². The van der Waals surface area contributed by atoms with Crippen LogP contribution in [0.15, 0.2) is 24.5 Å². The zero-order valence-corrected chi connectivity index (χ0v) is 10.6. The number of aromatic nitrogens is 1. The first-order valence-electron chi connectivity index (χ1n) is 6.70. The number of nitrogens with one attached hydrogen (secondary N) is 1. The van der Waals surface area contributed by atoms with E-state index in [2.05, 4.69) is 15.2 Å². The second-order valence-corrected chi connectivity index (χ2v) is 5.32. The van der Waals surface area contributed by atoms with Crippen molar-refractivity contribution in [1.82, 2.24) is 15.2 Å². The Morgan fingerprint density at radius 3 is 2.89 bits per heavy atom. The lowest BCUT2D eigenvalue weighted by Crippen LogP contribution is -2.51. The summed E-state index contributed by atoms with van der Waals surface area (Å²) in [5, 5.41) is 3.38. The third-order valence-electron chi connectivity index (χ3n) is 4.28. The number of hydrogen-bond acceptors (Lipinski definition) is 3. The fourth-order valence-electron chi connectivity index (χ4n) is 3.22. The Morgan fingerprint density at radius 1 is 1.33 bits per heavy atom. The second-order valence-electron chi connectivity index (χ2n) is 5.32. The van der Waals surface area contributed by atoms with Crippen LogP contribution in [0, 0.1) is 0 Å². The van der Waals surface area contributed by atoms with E-state index in [0.29, 0.717) is 18.9 Å². The highest BCUT2D eigenvalue weighted by Gasteiger charge is 2.45. The third kappa shape index (κ3) is 2.01. The molecule has 0 bridgehead atoms. The van der Waals surface area contributed by atoms with Crippen molar-refractivity contribution >= 4 is 5.91 Å². The average Bonchev–Trinajstić information content (AvgIpc) is 2.71. The summed E-state index contributed by atoms with van der Waals surface area (Å²) in [5.41, 5.74) is 1.24. The highest BCUT2D eigenvalue weighted by Crippen LogP contribution is 2.38. The van der Waals surface area contributed by atoms with Crippen molar-refractivity contribution in [3.05, 3.63) is 30.1 Å². The summed E-state index contributed by atoms with van der Waals surface area (Å²) in [5.74, 6) is 0.306. The summed E-state index contributed by atoms with van der Waals surface area (Å²) in [6.45, 7) is 2.76. The minimum atomic E-state index is 0.109. The van der Waals surface area contributed by atoms with Crippen LogP contribution in [0.5, 0.6) is 0 Å². The summed E-state index contributed by atoms with van der Waals surface area (Å²) >= 11 is 0. The molecule has 3 heterocycles. The van der Waals surface area contributed by atoms with Gasteiger partial charge in [0.05, 0.1) is 0 Å². The molecular weight excluding hydrogens is 226 g/mol. The molecule has 0 aliphatic carbocycles. The molecule has 2 aliphatic heterocycles. The number of piperidine rings is 1. The van der Waals surface area contributed by atoms with E-state index in [0.717, 1.165) is 37.9 Å². The number of amides is 1. The molecule has 18 heavy (non-hydrogen) atoms. The summed E-state index contributed by atoms with van der Waals surface area (Å²) < 4.78 is 0. The van der Waals surface area contributed by atoms with Crippen molar-refractivity contribution in [2.75, 3.05) is 13.1 Å². The van der Waals surface area contributed by atoms with Crippen molar-refractivity contribution in [3.63, 3.8) is 0 Å². The average molecular weight is 245 g/mol. The Bertz CT molecular complexity index is 426. The van der Waals surface area contributed by atoms with Gasteiger partial charge in [-0.1, -0.05) is 6.07 Å². The van der Waals surface area contributed by atoms with E-state index >= 15 is 0 Å². The minimum absolute atomic E-state index is 0.109. The Morgan fingerprint density at radius 2 is 2.17 bits per heavy atom. The van der Waals surface area contributed by atoms with Crippen molar-refractivity contribution in [3.8, 4) is 0 Å². The molecule has 0 atom stereocenters. The van der Waals surface area contributed by atoms with Gasteiger partial charge in [-0.2, -0.15) is 0 Å². The van der Waals surface area contributed by atoms with E-state index in [-0.39, 0.29) is 5.54 Å². The van der Waals surface area contributed by atoms with Crippen LogP contribution in [0.3, 0.4) is 0 Å². The zero-order chi connectivity index (χ0) is 12.4. The second kappa shape index (κ2) is 4.69. The Labute approximate surface area is 107 Å². The Balaban J connectivity index is 1.81. The number of carbonyl (C=O) groups excluding carboxylic acids is 1. The van der Waals surface area contributed by atoms with E-state index in [4.69, 9.17) is 0 Å². The Kier molecular flexibility index (Phi) is 3.04. The quantitative estimate of drug-likeness (QED) is 0.855. The molecule has 1 spiro atoms. The number of hydrogen-bond donors (Lipinski definition) is 1. The van der Waals surface area contributed by atoms with Gasteiger partial charge in [-0.05, 0) is 44.0 Å². The number of rotatable bonds is 2. The lowest BCUT2D eigenvalue weighted by atomic mass is 9.85. The van der Waals surface area contributed by atoms with Crippen LogP contribution in [0.4, 0.5) is 0 Å². The van der Waals surface area contributed by atoms with E-state index in [1.165, 1.54) is 0 Å². The van der Waals surface area contributed by atoms with Gasteiger partial charge >= 0.3 is 0 Å². The zero-order valence-electron chi connectivity index (χ0n) is 10.6. The summed E-state index contributed by atoms with van der Waals surface area (Å²) in [4.78, 5) is 18.4. The summed E-state index contributed by atoms with van der Waals surface area (Å²) in [7, 11) is 0. The van der Waals surface area contributed by atoms with Crippen LogP contribution < -0.4 is 5.32 Å². The monoisotopic (exact) mass is 245 g/mol. The van der Waals surface area contributed by atoms with Crippen LogP contribution in [-0.4, -0.2) is 34.4 Å². The number of nitrogens with zero attached hydrogens (tertiary/aromatic N) is 2.